The maximum atomic E-state index is 12.0. The molecule has 2 atom stereocenters. The van der Waals surface area contributed by atoms with Crippen molar-refractivity contribution in [2.75, 3.05) is 0 Å². The number of rotatable bonds is 3. The summed E-state index contributed by atoms with van der Waals surface area (Å²) in [5.74, 6) is -0.320. The summed E-state index contributed by atoms with van der Waals surface area (Å²) in [5, 5.41) is 0. The van der Waals surface area contributed by atoms with Crippen molar-refractivity contribution in [2.45, 2.75) is 16.8 Å². The van der Waals surface area contributed by atoms with Crippen LogP contribution in [0.25, 0.3) is 0 Å². The summed E-state index contributed by atoms with van der Waals surface area (Å²) in [4.78, 5) is 11.8. The van der Waals surface area contributed by atoms with Gasteiger partial charge in [0.2, 0.25) is 0 Å². The Balaban J connectivity index is 2.10. The van der Waals surface area contributed by atoms with E-state index in [1.54, 1.807) is 0 Å². The summed E-state index contributed by atoms with van der Waals surface area (Å²) in [6.07, 6.45) is 0.487. The van der Waals surface area contributed by atoms with Gasteiger partial charge in [-0.3, -0.25) is 0 Å². The van der Waals surface area contributed by atoms with Crippen LogP contribution in [-0.4, -0.2) is 5.97 Å². The molecule has 1 aliphatic heterocycles. The molecule has 2 unspecified atom stereocenters. The highest BCUT2D eigenvalue weighted by molar-refractivity contribution is 9.09. The molecule has 21 heavy (non-hydrogen) atoms. The molecule has 1 aliphatic rings. The van der Waals surface area contributed by atoms with Crippen LogP contribution in [0.5, 0.6) is 0 Å². The largest absolute Gasteiger partial charge is 0.449 e. The normalized spacial score (nSPS) is 22.9. The Kier molecular flexibility index (Phi) is 3.68. The van der Waals surface area contributed by atoms with Crippen LogP contribution in [-0.2, 0) is 15.1 Å². The predicted molar refractivity (Wildman–Crippen MR) is 86.1 cm³/mol. The second kappa shape index (κ2) is 5.49. The molecule has 0 aliphatic carbocycles. The monoisotopic (exact) mass is 342 g/mol. The van der Waals surface area contributed by atoms with Crippen LogP contribution in [0, 0.1) is 0 Å². The van der Waals surface area contributed by atoms with Crippen molar-refractivity contribution in [1.82, 2.24) is 0 Å². The molecule has 1 heterocycles. The SMILES string of the molecule is C=C1CC(c2ccccc2)(C(Br)c2ccccc2)OC1=O. The van der Waals surface area contributed by atoms with Gasteiger partial charge in [0, 0.05) is 12.0 Å². The molecule has 0 aromatic heterocycles. The average molecular weight is 343 g/mol. The topological polar surface area (TPSA) is 26.3 Å². The third-order valence-electron chi connectivity index (χ3n) is 3.80. The van der Waals surface area contributed by atoms with Gasteiger partial charge in [-0.1, -0.05) is 83.2 Å². The average Bonchev–Trinajstić information content (AvgIpc) is 2.85. The lowest BCUT2D eigenvalue weighted by Gasteiger charge is -2.33. The number of carbonyl (C=O) groups excluding carboxylic acids is 1. The molecule has 2 aromatic rings. The number of esters is 1. The van der Waals surface area contributed by atoms with E-state index in [-0.39, 0.29) is 10.8 Å². The van der Waals surface area contributed by atoms with Crippen molar-refractivity contribution >= 4 is 21.9 Å². The predicted octanol–water partition coefficient (Wildman–Crippen LogP) is 4.52. The number of hydrogen-bond donors (Lipinski definition) is 0. The van der Waals surface area contributed by atoms with Gasteiger partial charge in [-0.05, 0) is 11.1 Å². The maximum Gasteiger partial charge on any atom is 0.334 e. The summed E-state index contributed by atoms with van der Waals surface area (Å²) < 4.78 is 5.78. The lowest BCUT2D eigenvalue weighted by atomic mass is 9.84. The quantitative estimate of drug-likeness (QED) is 0.465. The molecule has 106 valence electrons. The van der Waals surface area contributed by atoms with Crippen LogP contribution in [0.4, 0.5) is 0 Å². The minimum atomic E-state index is -0.739. The molecular formula is C18H15BrO2. The van der Waals surface area contributed by atoms with Crippen LogP contribution in [0.2, 0.25) is 0 Å². The van der Waals surface area contributed by atoms with Crippen molar-refractivity contribution in [3.05, 3.63) is 83.9 Å². The molecule has 0 amide bonds. The summed E-state index contributed by atoms with van der Waals surface area (Å²) >= 11 is 3.74. The Morgan fingerprint density at radius 3 is 2.14 bits per heavy atom. The van der Waals surface area contributed by atoms with Gasteiger partial charge in [-0.15, -0.1) is 0 Å². The van der Waals surface area contributed by atoms with Gasteiger partial charge in [0.15, 0.2) is 5.60 Å². The zero-order chi connectivity index (χ0) is 14.9. The van der Waals surface area contributed by atoms with E-state index in [4.69, 9.17) is 4.74 Å². The van der Waals surface area contributed by atoms with Gasteiger partial charge in [0.25, 0.3) is 0 Å². The molecule has 1 saturated heterocycles. The number of benzene rings is 2. The highest BCUT2D eigenvalue weighted by Crippen LogP contribution is 2.51. The van der Waals surface area contributed by atoms with Crippen LogP contribution in [0.15, 0.2) is 72.8 Å². The zero-order valence-electron chi connectivity index (χ0n) is 11.5. The Labute approximate surface area is 132 Å². The van der Waals surface area contributed by atoms with Crippen LogP contribution in [0.3, 0.4) is 0 Å². The Morgan fingerprint density at radius 1 is 1.05 bits per heavy atom. The Hall–Kier alpha value is -1.87. The summed E-state index contributed by atoms with van der Waals surface area (Å²) in [6.45, 7) is 3.84. The second-order valence-electron chi connectivity index (χ2n) is 5.20. The molecule has 0 saturated carbocycles. The van der Waals surface area contributed by atoms with Gasteiger partial charge < -0.3 is 4.74 Å². The summed E-state index contributed by atoms with van der Waals surface area (Å²) in [5.41, 5.74) is 1.82. The van der Waals surface area contributed by atoms with Gasteiger partial charge in [-0.25, -0.2) is 4.79 Å². The molecule has 0 spiro atoms. The van der Waals surface area contributed by atoms with Crippen LogP contribution < -0.4 is 0 Å². The van der Waals surface area contributed by atoms with Crippen molar-refractivity contribution < 1.29 is 9.53 Å². The van der Waals surface area contributed by atoms with Crippen molar-refractivity contribution in [3.63, 3.8) is 0 Å². The van der Waals surface area contributed by atoms with E-state index in [2.05, 4.69) is 22.5 Å². The van der Waals surface area contributed by atoms with Crippen LogP contribution >= 0.6 is 15.9 Å². The first-order chi connectivity index (χ1) is 10.1. The molecule has 1 fully saturated rings. The molecule has 3 heteroatoms. The minimum absolute atomic E-state index is 0.128. The summed E-state index contributed by atoms with van der Waals surface area (Å²) in [6, 6.07) is 19.8. The first-order valence-electron chi connectivity index (χ1n) is 6.79. The van der Waals surface area contributed by atoms with E-state index in [9.17, 15) is 4.79 Å². The van der Waals surface area contributed by atoms with E-state index in [0.29, 0.717) is 12.0 Å². The molecular weight excluding hydrogens is 328 g/mol. The van der Waals surface area contributed by atoms with E-state index >= 15 is 0 Å². The number of carbonyl (C=O) groups is 1. The molecule has 0 radical (unpaired) electrons. The highest BCUT2D eigenvalue weighted by Gasteiger charge is 2.49. The minimum Gasteiger partial charge on any atom is -0.449 e. The standard InChI is InChI=1S/C18H15BrO2/c1-13-12-18(21-17(13)20,15-10-6-3-7-11-15)16(19)14-8-4-2-5-9-14/h2-11,16H,1,12H2. The van der Waals surface area contributed by atoms with E-state index in [1.165, 1.54) is 0 Å². The number of halogens is 1. The van der Waals surface area contributed by atoms with Crippen LogP contribution in [0.1, 0.15) is 22.4 Å². The molecule has 2 nitrogen and oxygen atoms in total. The number of alkyl halides is 1. The van der Waals surface area contributed by atoms with Crippen molar-refractivity contribution in [3.8, 4) is 0 Å². The van der Waals surface area contributed by atoms with Gasteiger partial charge in [0.05, 0.1) is 4.83 Å². The fourth-order valence-corrected chi connectivity index (χ4v) is 3.55. The van der Waals surface area contributed by atoms with E-state index in [0.717, 1.165) is 11.1 Å². The first-order valence-corrected chi connectivity index (χ1v) is 7.71. The lowest BCUT2D eigenvalue weighted by Crippen LogP contribution is -2.30. The van der Waals surface area contributed by atoms with Gasteiger partial charge >= 0.3 is 5.97 Å². The van der Waals surface area contributed by atoms with E-state index < -0.39 is 5.60 Å². The fourth-order valence-electron chi connectivity index (χ4n) is 2.72. The Morgan fingerprint density at radius 2 is 1.62 bits per heavy atom. The summed E-state index contributed by atoms with van der Waals surface area (Å²) in [7, 11) is 0. The lowest BCUT2D eigenvalue weighted by molar-refractivity contribution is -0.147. The number of ether oxygens (including phenoxy) is 1. The molecule has 3 rings (SSSR count). The van der Waals surface area contributed by atoms with Crippen molar-refractivity contribution in [2.24, 2.45) is 0 Å². The molecule has 2 aromatic carbocycles. The highest BCUT2D eigenvalue weighted by atomic mass is 79.9. The van der Waals surface area contributed by atoms with E-state index in [1.807, 2.05) is 60.7 Å². The van der Waals surface area contributed by atoms with Gasteiger partial charge in [-0.2, -0.15) is 0 Å². The fraction of sp³-hybridized carbons (Fsp3) is 0.167. The third-order valence-corrected chi connectivity index (χ3v) is 5.07. The smallest absolute Gasteiger partial charge is 0.334 e. The van der Waals surface area contributed by atoms with Gasteiger partial charge in [0.1, 0.15) is 0 Å². The maximum absolute atomic E-state index is 12.0. The Bertz CT molecular complexity index is 648. The zero-order valence-corrected chi connectivity index (χ0v) is 13.0. The number of cyclic esters (lactones) is 1. The molecule has 0 N–H and O–H groups in total. The first kappa shape index (κ1) is 14.1. The third kappa shape index (κ3) is 2.42. The number of hydrogen-bond acceptors (Lipinski definition) is 2. The van der Waals surface area contributed by atoms with Crippen molar-refractivity contribution in [1.29, 1.82) is 0 Å². The molecule has 0 bridgehead atoms. The second-order valence-corrected chi connectivity index (χ2v) is 6.11.